The third kappa shape index (κ3) is 6.83. The van der Waals surface area contributed by atoms with Gasteiger partial charge in [0.25, 0.3) is 0 Å². The van der Waals surface area contributed by atoms with E-state index in [1.807, 2.05) is 29.2 Å². The highest BCUT2D eigenvalue weighted by atomic mass is 16.5. The van der Waals surface area contributed by atoms with Crippen LogP contribution in [0.2, 0.25) is 0 Å². The number of carbonyl (C=O) groups is 1. The molecule has 0 aliphatic carbocycles. The molecule has 3 rings (SSSR count). The molecule has 2 aromatic rings. The molecule has 1 aliphatic heterocycles. The number of carbonyl (C=O) groups excluding carboxylic acids is 1. The van der Waals surface area contributed by atoms with Gasteiger partial charge in [-0.25, -0.2) is 0 Å². The van der Waals surface area contributed by atoms with Crippen LogP contribution in [0.3, 0.4) is 0 Å². The van der Waals surface area contributed by atoms with E-state index in [9.17, 15) is 4.79 Å². The first-order chi connectivity index (χ1) is 14.5. The van der Waals surface area contributed by atoms with Crippen molar-refractivity contribution in [2.24, 2.45) is 5.92 Å². The van der Waals surface area contributed by atoms with Crippen molar-refractivity contribution in [2.75, 3.05) is 26.8 Å². The van der Waals surface area contributed by atoms with Gasteiger partial charge >= 0.3 is 0 Å². The Morgan fingerprint density at radius 2 is 2.20 bits per heavy atom. The molecule has 0 N–H and O–H groups in total. The molecular formula is C23H33N3O4. The Morgan fingerprint density at radius 1 is 1.33 bits per heavy atom. The lowest BCUT2D eigenvalue weighted by atomic mass is 10.1. The minimum Gasteiger partial charge on any atom is -0.497 e. The van der Waals surface area contributed by atoms with Crippen molar-refractivity contribution >= 4 is 5.91 Å². The van der Waals surface area contributed by atoms with Gasteiger partial charge in [0.15, 0.2) is 5.82 Å². The maximum Gasteiger partial charge on any atom is 0.226 e. The second-order valence-electron chi connectivity index (χ2n) is 8.28. The van der Waals surface area contributed by atoms with Crippen molar-refractivity contribution in [2.45, 2.75) is 58.5 Å². The van der Waals surface area contributed by atoms with E-state index in [4.69, 9.17) is 14.0 Å². The fourth-order valence-corrected chi connectivity index (χ4v) is 3.68. The van der Waals surface area contributed by atoms with E-state index in [2.05, 4.69) is 24.0 Å². The van der Waals surface area contributed by atoms with Gasteiger partial charge in [0.05, 0.1) is 19.8 Å². The minimum atomic E-state index is 0.0709. The zero-order valence-electron chi connectivity index (χ0n) is 18.3. The van der Waals surface area contributed by atoms with Crippen LogP contribution in [0.1, 0.15) is 50.4 Å². The predicted molar refractivity (Wildman–Crippen MR) is 113 cm³/mol. The zero-order chi connectivity index (χ0) is 21.3. The lowest BCUT2D eigenvalue weighted by Gasteiger charge is -2.32. The number of hydrogen-bond acceptors (Lipinski definition) is 6. The van der Waals surface area contributed by atoms with Gasteiger partial charge in [-0.3, -0.25) is 4.79 Å². The number of nitrogens with zero attached hydrogens (tertiary/aromatic N) is 3. The molecule has 164 valence electrons. The van der Waals surface area contributed by atoms with Crippen molar-refractivity contribution in [3.05, 3.63) is 41.5 Å². The van der Waals surface area contributed by atoms with Crippen LogP contribution >= 0.6 is 0 Å². The number of hydrogen-bond donors (Lipinski definition) is 0. The molecule has 1 aromatic carbocycles. The van der Waals surface area contributed by atoms with Crippen molar-refractivity contribution in [3.8, 4) is 5.75 Å². The summed E-state index contributed by atoms with van der Waals surface area (Å²) < 4.78 is 16.5. The molecule has 1 aromatic heterocycles. The van der Waals surface area contributed by atoms with E-state index >= 15 is 0 Å². The smallest absolute Gasteiger partial charge is 0.226 e. The Hall–Kier alpha value is -2.41. The van der Waals surface area contributed by atoms with E-state index in [0.29, 0.717) is 50.0 Å². The first kappa shape index (κ1) is 22.3. The van der Waals surface area contributed by atoms with Crippen LogP contribution in [0.5, 0.6) is 5.75 Å². The first-order valence-corrected chi connectivity index (χ1v) is 10.9. The highest BCUT2D eigenvalue weighted by Gasteiger charge is 2.24. The number of methoxy groups -OCH3 is 1. The zero-order valence-corrected chi connectivity index (χ0v) is 18.3. The SMILES string of the molecule is COc1cccc(CCC(=O)N2CCCC(OCCc3noc(CC(C)C)n3)C2)c1. The highest BCUT2D eigenvalue weighted by molar-refractivity contribution is 5.76. The summed E-state index contributed by atoms with van der Waals surface area (Å²) in [6.45, 7) is 6.25. The molecule has 30 heavy (non-hydrogen) atoms. The molecule has 1 fully saturated rings. The number of aryl methyl sites for hydroxylation is 1. The summed E-state index contributed by atoms with van der Waals surface area (Å²) in [5, 5.41) is 4.02. The third-order valence-corrected chi connectivity index (χ3v) is 5.26. The average Bonchev–Trinajstić information content (AvgIpc) is 3.18. The van der Waals surface area contributed by atoms with Crippen molar-refractivity contribution < 1.29 is 18.8 Å². The van der Waals surface area contributed by atoms with Gasteiger partial charge in [-0.15, -0.1) is 0 Å². The molecule has 1 aliphatic rings. The van der Waals surface area contributed by atoms with Crippen LogP contribution in [0.25, 0.3) is 0 Å². The van der Waals surface area contributed by atoms with Gasteiger partial charge in [0.1, 0.15) is 5.75 Å². The van der Waals surface area contributed by atoms with Crippen molar-refractivity contribution in [1.29, 1.82) is 0 Å². The number of piperidine rings is 1. The second kappa shape index (κ2) is 11.1. The number of ether oxygens (including phenoxy) is 2. The van der Waals surface area contributed by atoms with Crippen LogP contribution in [-0.2, 0) is 28.8 Å². The minimum absolute atomic E-state index is 0.0709. The molecule has 0 spiro atoms. The number of aromatic nitrogens is 2. The van der Waals surface area contributed by atoms with Gasteiger partial charge in [-0.05, 0) is 42.9 Å². The molecule has 0 radical (unpaired) electrons. The van der Waals surface area contributed by atoms with E-state index in [1.165, 1.54) is 0 Å². The Labute approximate surface area is 178 Å². The predicted octanol–water partition coefficient (Wildman–Crippen LogP) is 3.46. The van der Waals surface area contributed by atoms with E-state index < -0.39 is 0 Å². The van der Waals surface area contributed by atoms with Gasteiger partial charge < -0.3 is 18.9 Å². The summed E-state index contributed by atoms with van der Waals surface area (Å²) in [5.41, 5.74) is 1.12. The fraction of sp³-hybridized carbons (Fsp3) is 0.609. The Balaban J connectivity index is 1.39. The first-order valence-electron chi connectivity index (χ1n) is 10.9. The lowest BCUT2D eigenvalue weighted by Crippen LogP contribution is -2.43. The molecule has 1 saturated heterocycles. The summed E-state index contributed by atoms with van der Waals surface area (Å²) in [6, 6.07) is 7.89. The van der Waals surface area contributed by atoms with Crippen molar-refractivity contribution in [1.82, 2.24) is 15.0 Å². The molecule has 0 saturated carbocycles. The maximum absolute atomic E-state index is 12.7. The van der Waals surface area contributed by atoms with Gasteiger partial charge in [-0.1, -0.05) is 31.1 Å². The Bertz CT molecular complexity index is 805. The molecule has 7 heteroatoms. The van der Waals surface area contributed by atoms with Crippen LogP contribution in [0.4, 0.5) is 0 Å². The standard InChI is InChI=1S/C23H33N3O4/c1-17(2)14-22-24-21(25-30-22)11-13-29-20-8-5-12-26(16-20)23(27)10-9-18-6-4-7-19(15-18)28-3/h4,6-7,15,17,20H,5,8-14,16H2,1-3H3. The molecule has 1 atom stereocenters. The van der Waals surface area contributed by atoms with Crippen LogP contribution < -0.4 is 4.74 Å². The monoisotopic (exact) mass is 415 g/mol. The molecule has 2 heterocycles. The molecule has 0 bridgehead atoms. The molecule has 7 nitrogen and oxygen atoms in total. The van der Waals surface area contributed by atoms with Crippen LogP contribution in [0.15, 0.2) is 28.8 Å². The van der Waals surface area contributed by atoms with Gasteiger partial charge in [-0.2, -0.15) is 4.98 Å². The summed E-state index contributed by atoms with van der Waals surface area (Å²) >= 11 is 0. The largest absolute Gasteiger partial charge is 0.497 e. The molecular weight excluding hydrogens is 382 g/mol. The maximum atomic E-state index is 12.7. The quantitative estimate of drug-likeness (QED) is 0.591. The van der Waals surface area contributed by atoms with Crippen LogP contribution in [-0.4, -0.2) is 53.9 Å². The summed E-state index contributed by atoms with van der Waals surface area (Å²) in [7, 11) is 1.65. The Morgan fingerprint density at radius 3 is 3.00 bits per heavy atom. The van der Waals surface area contributed by atoms with E-state index in [-0.39, 0.29) is 12.0 Å². The topological polar surface area (TPSA) is 77.7 Å². The highest BCUT2D eigenvalue weighted by Crippen LogP contribution is 2.17. The normalized spacial score (nSPS) is 16.8. The average molecular weight is 416 g/mol. The fourth-order valence-electron chi connectivity index (χ4n) is 3.68. The lowest BCUT2D eigenvalue weighted by molar-refractivity contribution is -0.135. The van der Waals surface area contributed by atoms with E-state index in [0.717, 1.165) is 37.1 Å². The summed E-state index contributed by atoms with van der Waals surface area (Å²) in [5.74, 6) is 2.87. The Kier molecular flexibility index (Phi) is 8.25. The number of amides is 1. The summed E-state index contributed by atoms with van der Waals surface area (Å²) in [6.07, 6.45) is 4.66. The van der Waals surface area contributed by atoms with Gasteiger partial charge in [0, 0.05) is 32.4 Å². The molecule has 1 amide bonds. The van der Waals surface area contributed by atoms with Crippen LogP contribution in [0, 0.1) is 5.92 Å². The number of benzene rings is 1. The second-order valence-corrected chi connectivity index (χ2v) is 8.28. The molecule has 1 unspecified atom stereocenters. The summed E-state index contributed by atoms with van der Waals surface area (Å²) in [4.78, 5) is 19.0. The third-order valence-electron chi connectivity index (χ3n) is 5.26. The van der Waals surface area contributed by atoms with E-state index in [1.54, 1.807) is 7.11 Å². The van der Waals surface area contributed by atoms with Crippen molar-refractivity contribution in [3.63, 3.8) is 0 Å². The number of rotatable bonds is 10. The van der Waals surface area contributed by atoms with Gasteiger partial charge in [0.2, 0.25) is 11.8 Å². The number of likely N-dealkylation sites (tertiary alicyclic amines) is 1.